The van der Waals surface area contributed by atoms with Crippen LogP contribution in [0.15, 0.2) is 12.1 Å². The Morgan fingerprint density at radius 2 is 2.21 bits per heavy atom. The summed E-state index contributed by atoms with van der Waals surface area (Å²) in [5, 5.41) is 0.542. The van der Waals surface area contributed by atoms with E-state index in [1.54, 1.807) is 19.2 Å². The molecule has 1 aromatic carbocycles. The Kier molecular flexibility index (Phi) is 4.60. The highest BCUT2D eigenvalue weighted by Gasteiger charge is 2.07. The van der Waals surface area contributed by atoms with Crippen LogP contribution in [0.25, 0.3) is 0 Å². The lowest BCUT2D eigenvalue weighted by Gasteiger charge is -2.11. The summed E-state index contributed by atoms with van der Waals surface area (Å²) in [6.07, 6.45) is 2.11. The lowest BCUT2D eigenvalue weighted by molar-refractivity contribution is 0.288. The predicted molar refractivity (Wildman–Crippen MR) is 57.2 cm³/mol. The summed E-state index contributed by atoms with van der Waals surface area (Å²) in [7, 11) is 1.59. The van der Waals surface area contributed by atoms with Gasteiger partial charge in [0.2, 0.25) is 0 Å². The second-order valence-electron chi connectivity index (χ2n) is 2.90. The van der Waals surface area contributed by atoms with Crippen molar-refractivity contribution in [2.45, 2.75) is 19.8 Å². The molecule has 0 heterocycles. The molecule has 0 aliphatic carbocycles. The third kappa shape index (κ3) is 2.81. The molecule has 0 fully saturated rings. The van der Waals surface area contributed by atoms with E-state index in [1.165, 1.54) is 0 Å². The van der Waals surface area contributed by atoms with Gasteiger partial charge in [-0.15, -0.1) is 0 Å². The van der Waals surface area contributed by atoms with Crippen LogP contribution in [0.5, 0.6) is 11.5 Å². The van der Waals surface area contributed by atoms with E-state index in [4.69, 9.17) is 21.1 Å². The number of methoxy groups -OCH3 is 1. The van der Waals surface area contributed by atoms with E-state index >= 15 is 0 Å². The van der Waals surface area contributed by atoms with Crippen LogP contribution in [-0.2, 0) is 0 Å². The van der Waals surface area contributed by atoms with Gasteiger partial charge >= 0.3 is 0 Å². The molecule has 0 saturated heterocycles. The van der Waals surface area contributed by atoms with Crippen molar-refractivity contribution in [3.63, 3.8) is 0 Å². The van der Waals surface area contributed by atoms with E-state index in [1.807, 2.05) is 0 Å². The SMILES string of the molecule is CCCCOc1c(Cl)c[c]cc1OC. The average molecular weight is 214 g/mol. The maximum Gasteiger partial charge on any atom is 0.179 e. The molecule has 0 spiro atoms. The summed E-state index contributed by atoms with van der Waals surface area (Å²) in [4.78, 5) is 0. The number of benzene rings is 1. The Hall–Kier alpha value is -0.890. The van der Waals surface area contributed by atoms with Crippen LogP contribution in [0.2, 0.25) is 5.02 Å². The molecule has 0 aliphatic heterocycles. The quantitative estimate of drug-likeness (QED) is 0.699. The summed E-state index contributed by atoms with van der Waals surface area (Å²) < 4.78 is 10.6. The first kappa shape index (κ1) is 11.2. The zero-order valence-corrected chi connectivity index (χ0v) is 9.23. The fourth-order valence-corrected chi connectivity index (χ4v) is 1.26. The smallest absolute Gasteiger partial charge is 0.179 e. The van der Waals surface area contributed by atoms with Crippen LogP contribution >= 0.6 is 11.6 Å². The molecule has 1 rings (SSSR count). The zero-order chi connectivity index (χ0) is 10.4. The molecule has 14 heavy (non-hydrogen) atoms. The molecule has 0 aliphatic rings. The fourth-order valence-electron chi connectivity index (χ4n) is 1.05. The van der Waals surface area contributed by atoms with Crippen molar-refractivity contribution in [1.29, 1.82) is 0 Å². The molecule has 0 bridgehead atoms. The topological polar surface area (TPSA) is 18.5 Å². The molecule has 0 atom stereocenters. The molecule has 0 N–H and O–H groups in total. The van der Waals surface area contributed by atoms with Crippen LogP contribution in [0, 0.1) is 6.07 Å². The first-order chi connectivity index (χ1) is 6.79. The summed E-state index contributed by atoms with van der Waals surface area (Å²) in [6, 6.07) is 6.26. The van der Waals surface area contributed by atoms with Gasteiger partial charge in [0.15, 0.2) is 11.5 Å². The van der Waals surface area contributed by atoms with Gasteiger partial charge in [0.25, 0.3) is 0 Å². The molecule has 0 aromatic heterocycles. The van der Waals surface area contributed by atoms with E-state index < -0.39 is 0 Å². The number of hydrogen-bond donors (Lipinski definition) is 0. The van der Waals surface area contributed by atoms with Gasteiger partial charge in [-0.3, -0.25) is 0 Å². The maximum absolute atomic E-state index is 5.95. The second kappa shape index (κ2) is 5.76. The Morgan fingerprint density at radius 3 is 2.86 bits per heavy atom. The van der Waals surface area contributed by atoms with E-state index in [9.17, 15) is 0 Å². The van der Waals surface area contributed by atoms with Gasteiger partial charge in [-0.1, -0.05) is 24.9 Å². The Morgan fingerprint density at radius 1 is 1.43 bits per heavy atom. The van der Waals surface area contributed by atoms with Crippen LogP contribution < -0.4 is 9.47 Å². The summed E-state index contributed by atoms with van der Waals surface area (Å²) in [5.74, 6) is 1.25. The third-order valence-corrected chi connectivity index (χ3v) is 2.11. The maximum atomic E-state index is 5.95. The fraction of sp³-hybridized carbons (Fsp3) is 0.455. The second-order valence-corrected chi connectivity index (χ2v) is 3.31. The lowest BCUT2D eigenvalue weighted by atomic mass is 10.3. The van der Waals surface area contributed by atoms with Crippen LogP contribution in [0.3, 0.4) is 0 Å². The lowest BCUT2D eigenvalue weighted by Crippen LogP contribution is -1.99. The van der Waals surface area contributed by atoms with Gasteiger partial charge in [0.05, 0.1) is 18.7 Å². The average Bonchev–Trinajstić information content (AvgIpc) is 2.20. The molecule has 0 saturated carbocycles. The van der Waals surface area contributed by atoms with Crippen LogP contribution in [-0.4, -0.2) is 13.7 Å². The highest BCUT2D eigenvalue weighted by Crippen LogP contribution is 2.34. The van der Waals surface area contributed by atoms with Gasteiger partial charge in [0.1, 0.15) is 0 Å². The summed E-state index contributed by atoms with van der Waals surface area (Å²) >= 11 is 5.95. The summed E-state index contributed by atoms with van der Waals surface area (Å²) in [5.41, 5.74) is 0. The van der Waals surface area contributed by atoms with Crippen molar-refractivity contribution in [2.75, 3.05) is 13.7 Å². The monoisotopic (exact) mass is 213 g/mol. The molecule has 2 nitrogen and oxygen atoms in total. The van der Waals surface area contributed by atoms with Crippen molar-refractivity contribution in [3.05, 3.63) is 23.2 Å². The van der Waals surface area contributed by atoms with Gasteiger partial charge in [-0.25, -0.2) is 0 Å². The molecule has 0 amide bonds. The molecule has 77 valence electrons. The molecule has 1 radical (unpaired) electrons. The molecule has 3 heteroatoms. The standard InChI is InChI=1S/C11H14ClO2/c1-3-4-8-14-11-9(12)6-5-7-10(11)13-2/h6-7H,3-4,8H2,1-2H3. The molecule has 0 unspecified atom stereocenters. The minimum Gasteiger partial charge on any atom is -0.493 e. The molecular formula is C11H14ClO2. The van der Waals surface area contributed by atoms with Crippen molar-refractivity contribution >= 4 is 11.6 Å². The third-order valence-electron chi connectivity index (χ3n) is 1.83. The van der Waals surface area contributed by atoms with E-state index in [2.05, 4.69) is 13.0 Å². The highest BCUT2D eigenvalue weighted by atomic mass is 35.5. The first-order valence-electron chi connectivity index (χ1n) is 4.66. The zero-order valence-electron chi connectivity index (χ0n) is 8.47. The van der Waals surface area contributed by atoms with Gasteiger partial charge < -0.3 is 9.47 Å². The van der Waals surface area contributed by atoms with Gasteiger partial charge in [-0.2, -0.15) is 0 Å². The Bertz CT molecular complexity index is 287. The van der Waals surface area contributed by atoms with Gasteiger partial charge in [0, 0.05) is 0 Å². The van der Waals surface area contributed by atoms with Crippen molar-refractivity contribution in [1.82, 2.24) is 0 Å². The number of halogens is 1. The molecular weight excluding hydrogens is 200 g/mol. The largest absolute Gasteiger partial charge is 0.493 e. The van der Waals surface area contributed by atoms with E-state index in [-0.39, 0.29) is 0 Å². The van der Waals surface area contributed by atoms with Crippen LogP contribution in [0.4, 0.5) is 0 Å². The van der Waals surface area contributed by atoms with Crippen molar-refractivity contribution in [2.24, 2.45) is 0 Å². The summed E-state index contributed by atoms with van der Waals surface area (Å²) in [6.45, 7) is 2.78. The van der Waals surface area contributed by atoms with E-state index in [0.717, 1.165) is 12.8 Å². The highest BCUT2D eigenvalue weighted by molar-refractivity contribution is 6.32. The minimum absolute atomic E-state index is 0.542. The predicted octanol–water partition coefficient (Wildman–Crippen LogP) is 3.33. The number of ether oxygens (including phenoxy) is 2. The normalized spacial score (nSPS) is 9.93. The molecule has 1 aromatic rings. The Labute approximate surface area is 89.8 Å². The van der Waals surface area contributed by atoms with Crippen molar-refractivity contribution in [3.8, 4) is 11.5 Å². The number of hydrogen-bond acceptors (Lipinski definition) is 2. The number of rotatable bonds is 5. The number of unbranched alkanes of at least 4 members (excludes halogenated alkanes) is 1. The van der Waals surface area contributed by atoms with Gasteiger partial charge in [-0.05, 0) is 24.6 Å². The van der Waals surface area contributed by atoms with E-state index in [0.29, 0.717) is 23.1 Å². The Balaban J connectivity index is 2.72. The van der Waals surface area contributed by atoms with Crippen molar-refractivity contribution < 1.29 is 9.47 Å². The van der Waals surface area contributed by atoms with Crippen LogP contribution in [0.1, 0.15) is 19.8 Å². The minimum atomic E-state index is 0.542. The first-order valence-corrected chi connectivity index (χ1v) is 5.03.